The van der Waals surface area contributed by atoms with Crippen molar-refractivity contribution in [2.45, 2.75) is 64.5 Å². The van der Waals surface area contributed by atoms with Gasteiger partial charge in [-0.2, -0.15) is 4.98 Å². The Bertz CT molecular complexity index is 2710. The number of piperazine rings is 2. The molecule has 3 saturated heterocycles. The Balaban J connectivity index is 0.585. The van der Waals surface area contributed by atoms with Gasteiger partial charge >= 0.3 is 0 Å². The van der Waals surface area contributed by atoms with Crippen LogP contribution in [0.4, 0.5) is 39.2 Å². The number of pyridine rings is 2. The zero-order valence-electron chi connectivity index (χ0n) is 42.9. The van der Waals surface area contributed by atoms with Crippen molar-refractivity contribution in [1.29, 1.82) is 0 Å². The third-order valence-electron chi connectivity index (χ3n) is 14.5. The maximum Gasteiger partial charge on any atom is 0.263 e. The van der Waals surface area contributed by atoms with E-state index in [0.29, 0.717) is 81.1 Å². The van der Waals surface area contributed by atoms with Gasteiger partial charge in [-0.05, 0) is 75.4 Å². The molecule has 4 aromatic heterocycles. The van der Waals surface area contributed by atoms with Crippen molar-refractivity contribution in [1.82, 2.24) is 44.6 Å². The normalized spacial score (nSPS) is 18.0. The number of carbonyl (C=O) groups excluding carboxylic acids is 2. The van der Waals surface area contributed by atoms with Crippen molar-refractivity contribution in [3.8, 4) is 0 Å². The van der Waals surface area contributed by atoms with Gasteiger partial charge in [0.2, 0.25) is 11.9 Å². The highest BCUT2D eigenvalue weighted by Gasteiger charge is 2.27. The van der Waals surface area contributed by atoms with E-state index >= 15 is 0 Å². The zero-order chi connectivity index (χ0) is 51.2. The van der Waals surface area contributed by atoms with Crippen LogP contribution in [0.25, 0.3) is 11.0 Å². The molecule has 3 N–H and O–H groups in total. The Morgan fingerprint density at radius 3 is 2.22 bits per heavy atom. The lowest BCUT2D eigenvalue weighted by Gasteiger charge is -2.36. The molecule has 0 radical (unpaired) electrons. The molecular weight excluding hydrogens is 948 g/mol. The molecule has 396 valence electrons. The largest absolute Gasteiger partial charge is 0.378 e. The number of carbonyl (C=O) groups is 2. The van der Waals surface area contributed by atoms with E-state index in [1.54, 1.807) is 36.1 Å². The molecule has 21 heteroatoms. The van der Waals surface area contributed by atoms with Crippen molar-refractivity contribution in [2.75, 3.05) is 150 Å². The van der Waals surface area contributed by atoms with Gasteiger partial charge in [-0.25, -0.2) is 24.3 Å². The van der Waals surface area contributed by atoms with Crippen LogP contribution in [0, 0.1) is 12.7 Å². The number of hydrogen-bond acceptors (Lipinski definition) is 18. The average molecular weight is 1020 g/mol. The number of Topliss-reactive ketones (excluding diaryl/α,β-unsaturated/α-hetero) is 1. The van der Waals surface area contributed by atoms with E-state index in [1.165, 1.54) is 13.0 Å². The van der Waals surface area contributed by atoms with Crippen LogP contribution in [-0.4, -0.2) is 182 Å². The summed E-state index contributed by atoms with van der Waals surface area (Å²) in [5.74, 6) is 2.15. The number of fused-ring (bicyclic) bond motifs is 1. The summed E-state index contributed by atoms with van der Waals surface area (Å²) in [4.78, 5) is 73.1. The Morgan fingerprint density at radius 1 is 0.730 bits per heavy atom. The molecule has 1 atom stereocenters. The number of anilines is 6. The SMILES string of the molecule is CC(=O)c1c(C)c2cnc(Nc3ccc(N4CCN(CC(=O)NCCOCCOCCOCCN5CCN(c6cc(N[C@@H]7CCCN(c8cccc(F)c8)C7)ncn6)CC5)CC4)cn3)nc2n(C2CCCC2)c1=O. The fourth-order valence-electron chi connectivity index (χ4n) is 10.5. The number of aromatic nitrogens is 6. The summed E-state index contributed by atoms with van der Waals surface area (Å²) in [6, 6.07) is 12.9. The average Bonchev–Trinajstić information content (AvgIpc) is 3.94. The first-order chi connectivity index (χ1) is 36.1. The second-order valence-corrected chi connectivity index (χ2v) is 19.6. The number of amides is 1. The number of rotatable bonds is 23. The van der Waals surface area contributed by atoms with Crippen molar-refractivity contribution in [3.05, 3.63) is 88.5 Å². The number of benzene rings is 1. The number of piperidine rings is 1. The number of ketones is 1. The van der Waals surface area contributed by atoms with E-state index in [4.69, 9.17) is 19.2 Å². The molecule has 0 bridgehead atoms. The van der Waals surface area contributed by atoms with Crippen LogP contribution >= 0.6 is 0 Å². The van der Waals surface area contributed by atoms with Gasteiger partial charge in [-0.15, -0.1) is 0 Å². The molecule has 0 spiro atoms. The van der Waals surface area contributed by atoms with Crippen molar-refractivity contribution >= 4 is 57.5 Å². The van der Waals surface area contributed by atoms with Crippen LogP contribution in [0.5, 0.6) is 0 Å². The second-order valence-electron chi connectivity index (χ2n) is 19.6. The van der Waals surface area contributed by atoms with Gasteiger partial charge < -0.3 is 44.9 Å². The van der Waals surface area contributed by atoms with Gasteiger partial charge in [0.05, 0.1) is 63.6 Å². The predicted molar refractivity (Wildman–Crippen MR) is 284 cm³/mol. The van der Waals surface area contributed by atoms with Gasteiger partial charge in [0.1, 0.15) is 35.2 Å². The summed E-state index contributed by atoms with van der Waals surface area (Å²) in [6.07, 6.45) is 11.0. The van der Waals surface area contributed by atoms with Crippen LogP contribution in [0.3, 0.4) is 0 Å². The van der Waals surface area contributed by atoms with Gasteiger partial charge in [0.15, 0.2) is 5.78 Å². The van der Waals surface area contributed by atoms with Crippen LogP contribution in [0.15, 0.2) is 66.0 Å². The number of aryl methyl sites for hydroxylation is 1. The molecule has 1 amide bonds. The smallest absolute Gasteiger partial charge is 0.263 e. The molecule has 5 aromatic rings. The molecule has 1 saturated carbocycles. The summed E-state index contributed by atoms with van der Waals surface area (Å²) >= 11 is 0. The number of ether oxygens (including phenoxy) is 3. The van der Waals surface area contributed by atoms with Crippen molar-refractivity contribution in [2.24, 2.45) is 0 Å². The molecule has 4 aliphatic rings. The number of nitrogens with one attached hydrogen (secondary N) is 3. The van der Waals surface area contributed by atoms with Gasteiger partial charge in [-0.1, -0.05) is 18.9 Å². The minimum Gasteiger partial charge on any atom is -0.378 e. The minimum atomic E-state index is -0.281. The van der Waals surface area contributed by atoms with Gasteiger partial charge in [0.25, 0.3) is 5.56 Å². The molecular formula is C53H71FN14O6. The highest BCUT2D eigenvalue weighted by Crippen LogP contribution is 2.32. The van der Waals surface area contributed by atoms with Crippen LogP contribution in [-0.2, 0) is 19.0 Å². The lowest BCUT2D eigenvalue weighted by atomic mass is 10.0. The fraction of sp³-hybridized carbons (Fsp3) is 0.547. The van der Waals surface area contributed by atoms with Crippen LogP contribution in [0.2, 0.25) is 0 Å². The molecule has 4 fully saturated rings. The Labute approximate surface area is 432 Å². The van der Waals surface area contributed by atoms with Gasteiger partial charge in [-0.3, -0.25) is 28.8 Å². The van der Waals surface area contributed by atoms with E-state index in [0.717, 1.165) is 134 Å². The highest BCUT2D eigenvalue weighted by atomic mass is 19.1. The first-order valence-corrected chi connectivity index (χ1v) is 26.3. The predicted octanol–water partition coefficient (Wildman–Crippen LogP) is 4.68. The van der Waals surface area contributed by atoms with E-state index < -0.39 is 0 Å². The van der Waals surface area contributed by atoms with Gasteiger partial charge in [0, 0.05) is 114 Å². The molecule has 20 nitrogen and oxygen atoms in total. The molecule has 1 aliphatic carbocycles. The van der Waals surface area contributed by atoms with Crippen LogP contribution < -0.4 is 36.2 Å². The molecule has 7 heterocycles. The molecule has 74 heavy (non-hydrogen) atoms. The van der Waals surface area contributed by atoms with Crippen molar-refractivity contribution < 1.29 is 28.2 Å². The number of hydrogen-bond donors (Lipinski definition) is 3. The highest BCUT2D eigenvalue weighted by molar-refractivity contribution is 5.99. The topological polar surface area (TPSA) is 201 Å². The number of halogens is 1. The quantitative estimate of drug-likeness (QED) is 0.0602. The third kappa shape index (κ3) is 13.9. The zero-order valence-corrected chi connectivity index (χ0v) is 42.9. The number of nitrogens with zero attached hydrogens (tertiary/aromatic N) is 11. The molecule has 1 aromatic carbocycles. The van der Waals surface area contributed by atoms with Crippen molar-refractivity contribution in [3.63, 3.8) is 0 Å². The Kier molecular flexibility index (Phi) is 18.2. The maximum absolute atomic E-state index is 13.8. The van der Waals surface area contributed by atoms with E-state index in [1.807, 2.05) is 30.5 Å². The molecule has 9 rings (SSSR count). The van der Waals surface area contributed by atoms with E-state index in [-0.39, 0.29) is 40.7 Å². The lowest BCUT2D eigenvalue weighted by Crippen LogP contribution is -2.49. The summed E-state index contributed by atoms with van der Waals surface area (Å²) < 4.78 is 32.8. The maximum atomic E-state index is 13.8. The standard InChI is InChI=1S/C53H71FN14O6/c1-38-45-34-57-53(62-51(45)68(42-9-3-4-10-42)52(71)50(38)39(2)69)61-46-13-12-44(33-56-46)65-20-18-64(19-21-65)36-49(70)55-14-25-72-27-29-74-30-28-73-26-24-63-16-22-66(23-17-63)48-32-47(58-37-59-48)60-41-8-6-15-67(35-41)43-11-5-7-40(54)31-43/h5,7,11-13,31-34,37,41-42H,3-4,6,8-10,14-30,35-36H2,1-2H3,(H,55,70)(H,58,59,60)(H,56,57,61,62)/t41-/m1/s1. The first-order valence-electron chi connectivity index (χ1n) is 26.3. The lowest BCUT2D eigenvalue weighted by molar-refractivity contribution is -0.122. The monoisotopic (exact) mass is 1020 g/mol. The minimum absolute atomic E-state index is 0.00115. The Hall–Kier alpha value is -6.39. The first kappa shape index (κ1) is 52.5. The summed E-state index contributed by atoms with van der Waals surface area (Å²) in [5.41, 5.74) is 2.96. The summed E-state index contributed by atoms with van der Waals surface area (Å²) in [6.45, 7) is 16.1. The molecule has 0 unspecified atom stereocenters. The second kappa shape index (κ2) is 25.7. The Morgan fingerprint density at radius 2 is 1.47 bits per heavy atom. The third-order valence-corrected chi connectivity index (χ3v) is 14.5. The van der Waals surface area contributed by atoms with E-state index in [9.17, 15) is 18.8 Å². The summed E-state index contributed by atoms with van der Waals surface area (Å²) in [7, 11) is 0. The fourth-order valence-corrected chi connectivity index (χ4v) is 10.5. The molecule has 3 aliphatic heterocycles. The summed E-state index contributed by atoms with van der Waals surface area (Å²) in [5, 5.41) is 10.5. The van der Waals surface area contributed by atoms with Crippen LogP contribution in [0.1, 0.15) is 67.4 Å². The van der Waals surface area contributed by atoms with E-state index in [2.05, 4.69) is 60.4 Å².